The van der Waals surface area contributed by atoms with E-state index in [1.807, 2.05) is 0 Å². The molecule has 0 radical (unpaired) electrons. The van der Waals surface area contributed by atoms with Crippen molar-refractivity contribution in [3.63, 3.8) is 0 Å². The number of ether oxygens (including phenoxy) is 2. The predicted molar refractivity (Wildman–Crippen MR) is 68.2 cm³/mol. The summed E-state index contributed by atoms with van der Waals surface area (Å²) in [7, 11) is 0. The van der Waals surface area contributed by atoms with Crippen molar-refractivity contribution in [1.82, 2.24) is 0 Å². The van der Waals surface area contributed by atoms with Crippen LogP contribution in [0.1, 0.15) is 18.4 Å². The zero-order valence-corrected chi connectivity index (χ0v) is 10.5. The monoisotopic (exact) mass is 253 g/mol. The van der Waals surface area contributed by atoms with Gasteiger partial charge in [-0.1, -0.05) is 0 Å². The molecule has 4 heteroatoms. The van der Waals surface area contributed by atoms with Crippen LogP contribution in [0.4, 0.5) is 4.39 Å². The van der Waals surface area contributed by atoms with E-state index < -0.39 is 0 Å². The summed E-state index contributed by atoms with van der Waals surface area (Å²) in [6.45, 7) is 2.80. The Morgan fingerprint density at radius 1 is 1.33 bits per heavy atom. The minimum absolute atomic E-state index is 0.239. The minimum atomic E-state index is -0.239. The van der Waals surface area contributed by atoms with Gasteiger partial charge in [0, 0.05) is 13.2 Å². The molecular weight excluding hydrogens is 233 g/mol. The van der Waals surface area contributed by atoms with Gasteiger partial charge in [-0.2, -0.15) is 0 Å². The van der Waals surface area contributed by atoms with Gasteiger partial charge in [-0.25, -0.2) is 4.39 Å². The van der Waals surface area contributed by atoms with Crippen LogP contribution < -0.4 is 10.5 Å². The highest BCUT2D eigenvalue weighted by Gasteiger charge is 2.15. The average Bonchev–Trinajstić information content (AvgIpc) is 2.39. The SMILES string of the molecule is NCCc1cc(F)ccc1OCC1CCOCC1. The van der Waals surface area contributed by atoms with Crippen LogP contribution >= 0.6 is 0 Å². The summed E-state index contributed by atoms with van der Waals surface area (Å²) in [6.07, 6.45) is 2.71. The van der Waals surface area contributed by atoms with Gasteiger partial charge >= 0.3 is 0 Å². The summed E-state index contributed by atoms with van der Waals surface area (Å²) < 4.78 is 24.3. The Kier molecular flexibility index (Phi) is 4.96. The maximum atomic E-state index is 13.2. The molecule has 0 atom stereocenters. The molecule has 0 bridgehead atoms. The molecule has 1 aromatic rings. The summed E-state index contributed by atoms with van der Waals surface area (Å²) >= 11 is 0. The maximum Gasteiger partial charge on any atom is 0.123 e. The van der Waals surface area contributed by atoms with E-state index in [0.29, 0.717) is 25.5 Å². The van der Waals surface area contributed by atoms with Gasteiger partial charge < -0.3 is 15.2 Å². The van der Waals surface area contributed by atoms with Crippen molar-refractivity contribution < 1.29 is 13.9 Å². The number of hydrogen-bond acceptors (Lipinski definition) is 3. The molecule has 2 rings (SSSR count). The standard InChI is InChI=1S/C14H20FNO2/c15-13-1-2-14(12(9-13)3-6-16)18-10-11-4-7-17-8-5-11/h1-2,9,11H,3-8,10,16H2. The third-order valence-corrected chi connectivity index (χ3v) is 3.25. The highest BCUT2D eigenvalue weighted by molar-refractivity contribution is 5.34. The second-order valence-electron chi connectivity index (χ2n) is 4.66. The van der Waals surface area contributed by atoms with E-state index in [1.54, 1.807) is 6.07 Å². The van der Waals surface area contributed by atoms with Gasteiger partial charge in [-0.05, 0) is 55.5 Å². The Balaban J connectivity index is 1.94. The highest BCUT2D eigenvalue weighted by atomic mass is 19.1. The van der Waals surface area contributed by atoms with E-state index in [-0.39, 0.29) is 5.82 Å². The van der Waals surface area contributed by atoms with Crippen LogP contribution in [0.15, 0.2) is 18.2 Å². The van der Waals surface area contributed by atoms with E-state index in [0.717, 1.165) is 37.4 Å². The second-order valence-corrected chi connectivity index (χ2v) is 4.66. The lowest BCUT2D eigenvalue weighted by Gasteiger charge is -2.22. The molecule has 100 valence electrons. The fourth-order valence-electron chi connectivity index (χ4n) is 2.16. The van der Waals surface area contributed by atoms with Gasteiger partial charge in [-0.3, -0.25) is 0 Å². The smallest absolute Gasteiger partial charge is 0.123 e. The van der Waals surface area contributed by atoms with Crippen LogP contribution in [0.3, 0.4) is 0 Å². The van der Waals surface area contributed by atoms with E-state index in [4.69, 9.17) is 15.2 Å². The van der Waals surface area contributed by atoms with Crippen LogP contribution in [0, 0.1) is 11.7 Å². The summed E-state index contributed by atoms with van der Waals surface area (Å²) in [5.41, 5.74) is 6.38. The van der Waals surface area contributed by atoms with Crippen LogP contribution in [-0.4, -0.2) is 26.4 Å². The molecule has 1 saturated heterocycles. The van der Waals surface area contributed by atoms with Crippen molar-refractivity contribution in [3.8, 4) is 5.75 Å². The van der Waals surface area contributed by atoms with E-state index in [2.05, 4.69) is 0 Å². The Morgan fingerprint density at radius 3 is 2.83 bits per heavy atom. The van der Waals surface area contributed by atoms with Gasteiger partial charge in [0.15, 0.2) is 0 Å². The number of hydrogen-bond donors (Lipinski definition) is 1. The molecule has 0 saturated carbocycles. The van der Waals surface area contributed by atoms with Crippen molar-refractivity contribution in [2.24, 2.45) is 11.7 Å². The lowest BCUT2D eigenvalue weighted by atomic mass is 10.0. The normalized spacial score (nSPS) is 16.8. The number of nitrogens with two attached hydrogens (primary N) is 1. The molecule has 0 aliphatic carbocycles. The van der Waals surface area contributed by atoms with Crippen LogP contribution in [-0.2, 0) is 11.2 Å². The molecule has 0 unspecified atom stereocenters. The number of benzene rings is 1. The van der Waals surface area contributed by atoms with Gasteiger partial charge in [0.1, 0.15) is 11.6 Å². The summed E-state index contributed by atoms with van der Waals surface area (Å²) in [4.78, 5) is 0. The highest BCUT2D eigenvalue weighted by Crippen LogP contribution is 2.22. The number of halogens is 1. The molecule has 0 aromatic heterocycles. The van der Waals surface area contributed by atoms with E-state index >= 15 is 0 Å². The molecule has 0 spiro atoms. The minimum Gasteiger partial charge on any atom is -0.493 e. The Morgan fingerprint density at radius 2 is 2.11 bits per heavy atom. The lowest BCUT2D eigenvalue weighted by Crippen LogP contribution is -2.21. The quantitative estimate of drug-likeness (QED) is 0.874. The molecule has 3 nitrogen and oxygen atoms in total. The van der Waals surface area contributed by atoms with Gasteiger partial charge in [0.05, 0.1) is 6.61 Å². The molecule has 2 N–H and O–H groups in total. The van der Waals surface area contributed by atoms with Crippen LogP contribution in [0.2, 0.25) is 0 Å². The molecular formula is C14H20FNO2. The summed E-state index contributed by atoms with van der Waals surface area (Å²) in [5, 5.41) is 0. The molecule has 1 aliphatic heterocycles. The zero-order valence-electron chi connectivity index (χ0n) is 10.5. The van der Waals surface area contributed by atoms with Crippen molar-refractivity contribution in [1.29, 1.82) is 0 Å². The first-order valence-corrected chi connectivity index (χ1v) is 6.48. The maximum absolute atomic E-state index is 13.2. The van der Waals surface area contributed by atoms with Crippen LogP contribution in [0.5, 0.6) is 5.75 Å². The predicted octanol–water partition coefficient (Wildman–Crippen LogP) is 2.13. The molecule has 18 heavy (non-hydrogen) atoms. The van der Waals surface area contributed by atoms with Gasteiger partial charge in [0.25, 0.3) is 0 Å². The third kappa shape index (κ3) is 3.68. The average molecular weight is 253 g/mol. The Hall–Kier alpha value is -1.13. The summed E-state index contributed by atoms with van der Waals surface area (Å²) in [6, 6.07) is 4.63. The Labute approximate surface area is 107 Å². The molecule has 1 aromatic carbocycles. The van der Waals surface area contributed by atoms with Gasteiger partial charge in [0.2, 0.25) is 0 Å². The van der Waals surface area contributed by atoms with Crippen molar-refractivity contribution >= 4 is 0 Å². The fourth-order valence-corrected chi connectivity index (χ4v) is 2.16. The number of rotatable bonds is 5. The molecule has 1 heterocycles. The lowest BCUT2D eigenvalue weighted by molar-refractivity contribution is 0.0496. The Bertz CT molecular complexity index is 378. The topological polar surface area (TPSA) is 44.5 Å². The second kappa shape index (κ2) is 6.71. The first kappa shape index (κ1) is 13.3. The summed E-state index contributed by atoms with van der Waals surface area (Å²) in [5.74, 6) is 1.06. The van der Waals surface area contributed by atoms with Gasteiger partial charge in [-0.15, -0.1) is 0 Å². The van der Waals surface area contributed by atoms with Crippen LogP contribution in [0.25, 0.3) is 0 Å². The third-order valence-electron chi connectivity index (χ3n) is 3.25. The molecule has 0 amide bonds. The molecule has 1 fully saturated rings. The molecule has 1 aliphatic rings. The van der Waals surface area contributed by atoms with Crippen molar-refractivity contribution in [2.45, 2.75) is 19.3 Å². The van der Waals surface area contributed by atoms with Crippen molar-refractivity contribution in [2.75, 3.05) is 26.4 Å². The zero-order chi connectivity index (χ0) is 12.8. The first-order chi connectivity index (χ1) is 8.79. The fraction of sp³-hybridized carbons (Fsp3) is 0.571. The van der Waals surface area contributed by atoms with Crippen molar-refractivity contribution in [3.05, 3.63) is 29.6 Å². The van der Waals surface area contributed by atoms with E-state index in [9.17, 15) is 4.39 Å². The van der Waals surface area contributed by atoms with E-state index in [1.165, 1.54) is 12.1 Å². The largest absolute Gasteiger partial charge is 0.493 e. The first-order valence-electron chi connectivity index (χ1n) is 6.48.